The van der Waals surface area contributed by atoms with Crippen molar-refractivity contribution >= 4 is 11.9 Å². The number of rotatable bonds is 7. The fourth-order valence-electron chi connectivity index (χ4n) is 2.14. The zero-order valence-electron chi connectivity index (χ0n) is 13.7. The van der Waals surface area contributed by atoms with Gasteiger partial charge in [-0.15, -0.1) is 0 Å². The van der Waals surface area contributed by atoms with Crippen molar-refractivity contribution < 1.29 is 19.4 Å². The molecule has 0 aliphatic carbocycles. The fraction of sp³-hybridized carbons (Fsp3) is 0.529. The Hall–Kier alpha value is -1.88. The molecular formula is C17H25NO4. The van der Waals surface area contributed by atoms with Gasteiger partial charge in [0.15, 0.2) is 0 Å². The van der Waals surface area contributed by atoms with Gasteiger partial charge in [0.05, 0.1) is 12.0 Å². The number of carbonyl (C=O) groups is 2. The topological polar surface area (TPSA) is 66.8 Å². The van der Waals surface area contributed by atoms with Crippen LogP contribution in [0.1, 0.15) is 49.5 Å². The normalized spacial score (nSPS) is 13.3. The smallest absolute Gasteiger partial charge is 0.338 e. The largest absolute Gasteiger partial charge is 0.458 e. The van der Waals surface area contributed by atoms with Gasteiger partial charge in [-0.1, -0.05) is 24.6 Å². The number of esters is 1. The van der Waals surface area contributed by atoms with E-state index in [0.717, 1.165) is 5.56 Å². The second-order valence-electron chi connectivity index (χ2n) is 5.32. The second kappa shape index (κ2) is 8.54. The lowest BCUT2D eigenvalue weighted by Crippen LogP contribution is -2.40. The fourth-order valence-corrected chi connectivity index (χ4v) is 2.14. The molecular weight excluding hydrogens is 282 g/mol. The first kappa shape index (κ1) is 18.2. The molecule has 0 fully saturated rings. The molecule has 0 spiro atoms. The highest BCUT2D eigenvalue weighted by molar-refractivity contribution is 5.89. The highest BCUT2D eigenvalue weighted by atomic mass is 16.5. The van der Waals surface area contributed by atoms with Crippen LogP contribution >= 0.6 is 0 Å². The Morgan fingerprint density at radius 3 is 2.27 bits per heavy atom. The zero-order chi connectivity index (χ0) is 16.7. The van der Waals surface area contributed by atoms with Crippen molar-refractivity contribution in [1.29, 1.82) is 0 Å². The number of ether oxygens (including phenoxy) is 1. The first-order valence-corrected chi connectivity index (χ1v) is 7.64. The summed E-state index contributed by atoms with van der Waals surface area (Å²) in [5.74, 6) is -0.652. The van der Waals surface area contributed by atoms with Crippen molar-refractivity contribution in [2.75, 3.05) is 6.54 Å². The first-order chi connectivity index (χ1) is 10.4. The molecule has 1 amide bonds. The van der Waals surface area contributed by atoms with Crippen LogP contribution in [0.3, 0.4) is 0 Å². The van der Waals surface area contributed by atoms with Gasteiger partial charge >= 0.3 is 5.97 Å². The van der Waals surface area contributed by atoms with E-state index in [0.29, 0.717) is 18.5 Å². The summed E-state index contributed by atoms with van der Waals surface area (Å²) >= 11 is 0. The van der Waals surface area contributed by atoms with E-state index in [1.54, 1.807) is 26.0 Å². The first-order valence-electron chi connectivity index (χ1n) is 7.64. The van der Waals surface area contributed by atoms with Crippen LogP contribution in [0.2, 0.25) is 0 Å². The lowest BCUT2D eigenvalue weighted by Gasteiger charge is -2.26. The lowest BCUT2D eigenvalue weighted by atomic mass is 10.1. The number of benzene rings is 1. The summed E-state index contributed by atoms with van der Waals surface area (Å²) in [6, 6.07) is 7.10. The van der Waals surface area contributed by atoms with E-state index >= 15 is 0 Å². The van der Waals surface area contributed by atoms with Crippen LogP contribution in [0, 0.1) is 6.92 Å². The molecule has 0 saturated carbocycles. The molecule has 0 saturated heterocycles. The summed E-state index contributed by atoms with van der Waals surface area (Å²) in [6.07, 6.45) is -0.718. The molecule has 2 unspecified atom stereocenters. The molecule has 22 heavy (non-hydrogen) atoms. The number of aryl methyl sites for hydroxylation is 1. The van der Waals surface area contributed by atoms with Gasteiger partial charge in [-0.05, 0) is 39.3 Å². The summed E-state index contributed by atoms with van der Waals surface area (Å²) in [7, 11) is 0. The van der Waals surface area contributed by atoms with Crippen LogP contribution in [0.25, 0.3) is 0 Å². The van der Waals surface area contributed by atoms with Crippen molar-refractivity contribution in [3.8, 4) is 0 Å². The number of hydrogen-bond donors (Lipinski definition) is 1. The van der Waals surface area contributed by atoms with Crippen molar-refractivity contribution in [2.45, 2.75) is 52.9 Å². The maximum Gasteiger partial charge on any atom is 0.338 e. The molecule has 122 valence electrons. The molecule has 1 N–H and O–H groups in total. The molecule has 0 aromatic heterocycles. The summed E-state index contributed by atoms with van der Waals surface area (Å²) in [5.41, 5.74) is 1.54. The maximum absolute atomic E-state index is 12.1. The summed E-state index contributed by atoms with van der Waals surface area (Å²) in [6.45, 7) is 7.56. The molecule has 0 aliphatic heterocycles. The summed E-state index contributed by atoms with van der Waals surface area (Å²) in [4.78, 5) is 25.6. The highest BCUT2D eigenvalue weighted by Gasteiger charge is 2.23. The molecule has 1 aromatic carbocycles. The number of carbonyl (C=O) groups excluding carboxylic acids is 2. The monoisotopic (exact) mass is 307 g/mol. The molecule has 1 rings (SSSR count). The Morgan fingerprint density at radius 2 is 1.82 bits per heavy atom. The predicted octanol–water partition coefficient (Wildman–Crippen LogP) is 2.51. The van der Waals surface area contributed by atoms with E-state index in [4.69, 9.17) is 4.74 Å². The van der Waals surface area contributed by atoms with Crippen molar-refractivity contribution in [1.82, 2.24) is 4.90 Å². The number of nitrogens with zero attached hydrogens (tertiary/aromatic N) is 1. The van der Waals surface area contributed by atoms with E-state index in [1.807, 2.05) is 26.0 Å². The molecule has 1 aromatic rings. The molecule has 5 nitrogen and oxygen atoms in total. The standard InChI is InChI=1S/C17H25NO4/c1-5-15(11-16(20)18(6-2)13(4)19)22-17(21)14-9-7-12(3)8-10-14/h7-10,13,15,19H,5-6,11H2,1-4H3. The van der Waals surface area contributed by atoms with Crippen LogP contribution in [0.5, 0.6) is 0 Å². The Morgan fingerprint density at radius 1 is 1.23 bits per heavy atom. The van der Waals surface area contributed by atoms with Crippen LogP contribution in [0.15, 0.2) is 24.3 Å². The van der Waals surface area contributed by atoms with Crippen LogP contribution in [-0.4, -0.2) is 40.8 Å². The van der Waals surface area contributed by atoms with Gasteiger partial charge in [-0.25, -0.2) is 4.79 Å². The maximum atomic E-state index is 12.1. The van der Waals surface area contributed by atoms with Crippen molar-refractivity contribution in [3.05, 3.63) is 35.4 Å². The zero-order valence-corrected chi connectivity index (χ0v) is 13.7. The summed E-state index contributed by atoms with van der Waals surface area (Å²) in [5, 5.41) is 9.55. The van der Waals surface area contributed by atoms with Gasteiger partial charge in [0.25, 0.3) is 0 Å². The van der Waals surface area contributed by atoms with Gasteiger partial charge in [0, 0.05) is 6.54 Å². The number of hydrogen-bond acceptors (Lipinski definition) is 4. The lowest BCUT2D eigenvalue weighted by molar-refractivity contribution is -0.141. The van der Waals surface area contributed by atoms with Gasteiger partial charge in [-0.2, -0.15) is 0 Å². The average molecular weight is 307 g/mol. The number of aliphatic hydroxyl groups excluding tert-OH is 1. The van der Waals surface area contributed by atoms with E-state index in [1.165, 1.54) is 4.90 Å². The van der Waals surface area contributed by atoms with Gasteiger partial charge < -0.3 is 14.7 Å². The van der Waals surface area contributed by atoms with Crippen molar-refractivity contribution in [2.24, 2.45) is 0 Å². The quantitative estimate of drug-likeness (QED) is 0.621. The van der Waals surface area contributed by atoms with Gasteiger partial charge in [0.1, 0.15) is 12.3 Å². The minimum atomic E-state index is -0.845. The predicted molar refractivity (Wildman–Crippen MR) is 84.4 cm³/mol. The second-order valence-corrected chi connectivity index (χ2v) is 5.32. The SMILES string of the molecule is CCC(CC(=O)N(CC)C(C)O)OC(=O)c1ccc(C)cc1. The highest BCUT2D eigenvalue weighted by Crippen LogP contribution is 2.12. The van der Waals surface area contributed by atoms with Gasteiger partial charge in [0.2, 0.25) is 5.91 Å². The molecule has 0 heterocycles. The molecule has 2 atom stereocenters. The Kier molecular flexibility index (Phi) is 7.05. The van der Waals surface area contributed by atoms with E-state index in [9.17, 15) is 14.7 Å². The third-order valence-corrected chi connectivity index (χ3v) is 3.53. The third-order valence-electron chi connectivity index (χ3n) is 3.53. The van der Waals surface area contributed by atoms with E-state index in [2.05, 4.69) is 0 Å². The molecule has 5 heteroatoms. The Labute approximate surface area is 131 Å². The average Bonchev–Trinajstić information content (AvgIpc) is 2.47. The molecule has 0 aliphatic rings. The molecule has 0 bridgehead atoms. The van der Waals surface area contributed by atoms with Crippen LogP contribution in [0.4, 0.5) is 0 Å². The van der Waals surface area contributed by atoms with E-state index in [-0.39, 0.29) is 12.3 Å². The number of amides is 1. The minimum absolute atomic E-state index is 0.0762. The molecule has 0 radical (unpaired) electrons. The van der Waals surface area contributed by atoms with Gasteiger partial charge in [-0.3, -0.25) is 4.79 Å². The summed E-state index contributed by atoms with van der Waals surface area (Å²) < 4.78 is 5.40. The Balaban J connectivity index is 2.66. The van der Waals surface area contributed by atoms with Crippen molar-refractivity contribution in [3.63, 3.8) is 0 Å². The number of aliphatic hydroxyl groups is 1. The third kappa shape index (κ3) is 5.15. The van der Waals surface area contributed by atoms with Crippen LogP contribution < -0.4 is 0 Å². The minimum Gasteiger partial charge on any atom is -0.458 e. The Bertz CT molecular complexity index is 496. The van der Waals surface area contributed by atoms with E-state index < -0.39 is 18.3 Å². The van der Waals surface area contributed by atoms with Crippen LogP contribution in [-0.2, 0) is 9.53 Å².